The molecule has 2 aromatic carbocycles. The number of ketones is 1. The number of aliphatic hydroxyl groups excluding tert-OH is 1. The first kappa shape index (κ1) is 29.2. The maximum atomic E-state index is 12.0. The number of para-hydroxylation sites is 1. The minimum absolute atomic E-state index is 0. The molecule has 2 aliphatic carbocycles. The molecule has 0 amide bonds. The van der Waals surface area contributed by atoms with Crippen LogP contribution in [-0.4, -0.2) is 15.9 Å². The summed E-state index contributed by atoms with van der Waals surface area (Å²) in [5, 5.41) is 12.2. The number of aryl methyl sites for hydroxylation is 2. The van der Waals surface area contributed by atoms with Crippen LogP contribution >= 0.6 is 0 Å². The van der Waals surface area contributed by atoms with E-state index in [4.69, 9.17) is 9.40 Å². The SMILES string of the molecule is Cc1[c-]c(-c2nc3ccccc3c3ccoc23)cc(C)c1.O=C(/C=C(\O)C1CCCCC1)C1CCCCC1.[Ir]. The van der Waals surface area contributed by atoms with Gasteiger partial charge in [-0.15, -0.1) is 34.9 Å². The van der Waals surface area contributed by atoms with Gasteiger partial charge in [0.25, 0.3) is 0 Å². The van der Waals surface area contributed by atoms with Crippen LogP contribution in [0.25, 0.3) is 33.1 Å². The molecule has 0 atom stereocenters. The largest absolute Gasteiger partial charge is 0.512 e. The molecule has 6 rings (SSSR count). The Kier molecular flexibility index (Phi) is 10.2. The molecule has 0 saturated heterocycles. The monoisotopic (exact) mass is 701 g/mol. The number of pyridine rings is 1. The van der Waals surface area contributed by atoms with Gasteiger partial charge in [0.05, 0.1) is 17.5 Å². The van der Waals surface area contributed by atoms with Crippen molar-refractivity contribution in [1.29, 1.82) is 0 Å². The molecule has 1 radical (unpaired) electrons. The molecule has 5 heteroatoms. The van der Waals surface area contributed by atoms with Gasteiger partial charge in [0, 0.05) is 54.5 Å². The Morgan fingerprint density at radius 1 is 0.923 bits per heavy atom. The van der Waals surface area contributed by atoms with Crippen LogP contribution in [0.1, 0.15) is 75.3 Å². The second-order valence-corrected chi connectivity index (χ2v) is 11.0. The van der Waals surface area contributed by atoms with E-state index in [0.717, 1.165) is 64.4 Å². The number of allylic oxidation sites excluding steroid dienone is 2. The fourth-order valence-corrected chi connectivity index (χ4v) is 6.05. The van der Waals surface area contributed by atoms with Crippen LogP contribution in [0.4, 0.5) is 0 Å². The quantitative estimate of drug-likeness (QED) is 0.131. The molecule has 2 aliphatic rings. The summed E-state index contributed by atoms with van der Waals surface area (Å²) in [6.45, 7) is 4.14. The third-order valence-corrected chi connectivity index (χ3v) is 8.03. The van der Waals surface area contributed by atoms with Crippen molar-refractivity contribution < 1.29 is 34.4 Å². The number of rotatable bonds is 4. The van der Waals surface area contributed by atoms with E-state index in [2.05, 4.69) is 38.1 Å². The molecule has 0 bridgehead atoms. The van der Waals surface area contributed by atoms with Crippen molar-refractivity contribution >= 4 is 27.7 Å². The number of hydrogen-bond acceptors (Lipinski definition) is 4. The Morgan fingerprint density at radius 3 is 2.28 bits per heavy atom. The molecule has 0 spiro atoms. The van der Waals surface area contributed by atoms with Crippen LogP contribution in [0.15, 0.2) is 65.0 Å². The zero-order chi connectivity index (χ0) is 26.5. The van der Waals surface area contributed by atoms with Crippen molar-refractivity contribution in [3.63, 3.8) is 0 Å². The number of nitrogens with zero attached hydrogens (tertiary/aromatic N) is 1. The maximum Gasteiger partial charge on any atom is 0.162 e. The molecule has 0 aliphatic heterocycles. The number of benzene rings is 2. The van der Waals surface area contributed by atoms with Gasteiger partial charge in [-0.1, -0.05) is 70.6 Å². The van der Waals surface area contributed by atoms with E-state index in [-0.39, 0.29) is 37.7 Å². The summed E-state index contributed by atoms with van der Waals surface area (Å²) in [7, 11) is 0. The van der Waals surface area contributed by atoms with Crippen LogP contribution < -0.4 is 0 Å². The summed E-state index contributed by atoms with van der Waals surface area (Å²) in [5.41, 5.74) is 5.97. The molecular weight excluding hydrogens is 663 g/mol. The van der Waals surface area contributed by atoms with Crippen LogP contribution in [0.2, 0.25) is 0 Å². The first-order valence-electron chi connectivity index (χ1n) is 14.2. The second kappa shape index (κ2) is 13.5. The van der Waals surface area contributed by atoms with Gasteiger partial charge in [0.15, 0.2) is 5.78 Å². The first-order valence-corrected chi connectivity index (χ1v) is 14.2. The van der Waals surface area contributed by atoms with Gasteiger partial charge >= 0.3 is 0 Å². The molecule has 2 saturated carbocycles. The third kappa shape index (κ3) is 7.07. The summed E-state index contributed by atoms with van der Waals surface area (Å²) in [4.78, 5) is 16.8. The van der Waals surface area contributed by atoms with Crippen molar-refractivity contribution in [3.8, 4) is 11.3 Å². The third-order valence-electron chi connectivity index (χ3n) is 8.03. The molecule has 207 valence electrons. The van der Waals surface area contributed by atoms with Gasteiger partial charge in [-0.2, -0.15) is 0 Å². The summed E-state index contributed by atoms with van der Waals surface area (Å²) in [5.74, 6) is 0.985. The number of fused-ring (bicyclic) bond motifs is 3. The van der Waals surface area contributed by atoms with E-state index >= 15 is 0 Å². The summed E-state index contributed by atoms with van der Waals surface area (Å²) >= 11 is 0. The average molecular weight is 701 g/mol. The van der Waals surface area contributed by atoms with Gasteiger partial charge in [0.2, 0.25) is 0 Å². The Balaban J connectivity index is 0.000000181. The standard InChI is InChI=1S/C19H14NO.C15H24O2.Ir/c1-12-9-13(2)11-14(10-12)18-19-16(7-8-21-19)15-5-3-4-6-17(15)20-18;16-14(12-7-3-1-4-8-12)11-15(17)13-9-5-2-6-10-13;/h3-10H,1-2H3;11-13,16H,1-10H2;/q-1;;/b;14-11-;. The topological polar surface area (TPSA) is 63.3 Å². The van der Waals surface area contributed by atoms with Gasteiger partial charge in [-0.05, 0) is 37.8 Å². The molecular formula is C34H38IrNO3-. The van der Waals surface area contributed by atoms with E-state index in [9.17, 15) is 9.90 Å². The maximum absolute atomic E-state index is 12.0. The smallest absolute Gasteiger partial charge is 0.162 e. The summed E-state index contributed by atoms with van der Waals surface area (Å²) in [6, 6.07) is 17.8. The van der Waals surface area contributed by atoms with Gasteiger partial charge in [-0.3, -0.25) is 9.78 Å². The Hall–Kier alpha value is -2.75. The Bertz CT molecular complexity index is 1420. The predicted molar refractivity (Wildman–Crippen MR) is 154 cm³/mol. The minimum Gasteiger partial charge on any atom is -0.512 e. The van der Waals surface area contributed by atoms with Gasteiger partial charge in [-0.25, -0.2) is 0 Å². The number of carbonyl (C=O) groups is 1. The Morgan fingerprint density at radius 2 is 1.59 bits per heavy atom. The van der Waals surface area contributed by atoms with E-state index < -0.39 is 0 Å². The van der Waals surface area contributed by atoms with E-state index in [1.807, 2.05) is 24.3 Å². The molecule has 2 aromatic heterocycles. The summed E-state index contributed by atoms with van der Waals surface area (Å²) in [6.07, 6.45) is 14.7. The molecule has 1 N–H and O–H groups in total. The van der Waals surface area contributed by atoms with E-state index in [1.54, 1.807) is 12.3 Å². The van der Waals surface area contributed by atoms with E-state index in [0.29, 0.717) is 5.76 Å². The normalized spacial score (nSPS) is 16.9. The predicted octanol–water partition coefficient (Wildman–Crippen LogP) is 9.22. The van der Waals surface area contributed by atoms with Gasteiger partial charge in [0.1, 0.15) is 5.58 Å². The van der Waals surface area contributed by atoms with Crippen LogP contribution in [-0.2, 0) is 24.9 Å². The number of aromatic nitrogens is 1. The minimum atomic E-state index is 0. The Labute approximate surface area is 245 Å². The van der Waals surface area contributed by atoms with Crippen molar-refractivity contribution in [1.82, 2.24) is 4.98 Å². The zero-order valence-corrected chi connectivity index (χ0v) is 25.4. The molecule has 0 unspecified atom stereocenters. The molecule has 4 aromatic rings. The van der Waals surface area contributed by atoms with Crippen molar-refractivity contribution in [2.75, 3.05) is 0 Å². The first-order chi connectivity index (χ1) is 18.5. The second-order valence-electron chi connectivity index (χ2n) is 11.0. The number of carbonyl (C=O) groups excluding carboxylic acids is 1. The molecule has 2 heterocycles. The molecule has 39 heavy (non-hydrogen) atoms. The fourth-order valence-electron chi connectivity index (χ4n) is 6.05. The van der Waals surface area contributed by atoms with Crippen LogP contribution in [0.5, 0.6) is 0 Å². The fraction of sp³-hybridized carbons (Fsp3) is 0.412. The number of furan rings is 1. The number of hydrogen-bond donors (Lipinski definition) is 1. The van der Waals surface area contributed by atoms with E-state index in [1.165, 1.54) is 44.1 Å². The van der Waals surface area contributed by atoms with Crippen molar-refractivity contribution in [2.45, 2.75) is 78.1 Å². The summed E-state index contributed by atoms with van der Waals surface area (Å²) < 4.78 is 5.71. The number of aliphatic hydroxyl groups is 1. The van der Waals surface area contributed by atoms with Crippen molar-refractivity contribution in [3.05, 3.63) is 77.8 Å². The van der Waals surface area contributed by atoms with Crippen LogP contribution in [0, 0.1) is 31.7 Å². The van der Waals surface area contributed by atoms with Gasteiger partial charge < -0.3 is 9.52 Å². The average Bonchev–Trinajstić information content (AvgIpc) is 3.44. The van der Waals surface area contributed by atoms with Crippen molar-refractivity contribution in [2.24, 2.45) is 11.8 Å². The molecule has 2 fully saturated rings. The molecule has 4 nitrogen and oxygen atoms in total. The zero-order valence-electron chi connectivity index (χ0n) is 23.0. The van der Waals surface area contributed by atoms with Crippen LogP contribution in [0.3, 0.4) is 0 Å².